The van der Waals surface area contributed by atoms with Gasteiger partial charge in [-0.2, -0.15) is 0 Å². The van der Waals surface area contributed by atoms with Crippen molar-refractivity contribution in [1.82, 2.24) is 5.32 Å². The highest BCUT2D eigenvalue weighted by Gasteiger charge is 2.30. The number of nitrogens with one attached hydrogen (secondary N) is 1. The molecule has 0 heterocycles. The van der Waals surface area contributed by atoms with E-state index in [1.165, 1.54) is 7.11 Å². The lowest BCUT2D eigenvalue weighted by atomic mass is 9.98. The van der Waals surface area contributed by atoms with Crippen molar-refractivity contribution < 1.29 is 23.9 Å². The molecule has 0 spiro atoms. The van der Waals surface area contributed by atoms with Crippen LogP contribution in [0.4, 0.5) is 4.79 Å². The molecule has 0 radical (unpaired) electrons. The van der Waals surface area contributed by atoms with Crippen LogP contribution in [0.15, 0.2) is 48.5 Å². The van der Waals surface area contributed by atoms with E-state index in [4.69, 9.17) is 10.5 Å². The van der Waals surface area contributed by atoms with Gasteiger partial charge in [0.1, 0.15) is 12.6 Å². The second kappa shape index (κ2) is 8.56. The van der Waals surface area contributed by atoms with Gasteiger partial charge in [0.2, 0.25) is 5.91 Å². The molecule has 0 fully saturated rings. The third-order valence-corrected chi connectivity index (χ3v) is 4.80. The third kappa shape index (κ3) is 4.14. The van der Waals surface area contributed by atoms with E-state index >= 15 is 0 Å². The first-order valence-corrected chi connectivity index (χ1v) is 8.99. The maximum Gasteiger partial charge on any atom is 0.407 e. The summed E-state index contributed by atoms with van der Waals surface area (Å²) in [4.78, 5) is 35.0. The number of benzene rings is 2. The van der Waals surface area contributed by atoms with Crippen LogP contribution >= 0.6 is 0 Å². The molecule has 7 heteroatoms. The van der Waals surface area contributed by atoms with Crippen LogP contribution in [0.25, 0.3) is 11.1 Å². The van der Waals surface area contributed by atoms with Gasteiger partial charge in [0.25, 0.3) is 0 Å². The number of amides is 2. The number of hydrogen-bond donors (Lipinski definition) is 2. The molecule has 0 aliphatic heterocycles. The van der Waals surface area contributed by atoms with Crippen LogP contribution in [0.3, 0.4) is 0 Å². The van der Waals surface area contributed by atoms with Crippen LogP contribution in [0.1, 0.15) is 29.9 Å². The lowest BCUT2D eigenvalue weighted by Crippen LogP contribution is -2.42. The summed E-state index contributed by atoms with van der Waals surface area (Å²) >= 11 is 0. The van der Waals surface area contributed by atoms with Crippen LogP contribution < -0.4 is 11.1 Å². The first-order valence-electron chi connectivity index (χ1n) is 8.99. The van der Waals surface area contributed by atoms with Crippen molar-refractivity contribution in [3.8, 4) is 11.1 Å². The number of carbonyl (C=O) groups excluding carboxylic acids is 3. The minimum atomic E-state index is -0.992. The minimum absolute atomic E-state index is 0.0478. The zero-order valence-electron chi connectivity index (χ0n) is 15.5. The molecule has 0 aromatic heterocycles. The van der Waals surface area contributed by atoms with E-state index in [1.54, 1.807) is 0 Å². The van der Waals surface area contributed by atoms with Gasteiger partial charge in [0.05, 0.1) is 7.11 Å². The molecule has 2 aromatic rings. The molecule has 7 nitrogen and oxygen atoms in total. The number of alkyl carbamates (subject to hydrolysis) is 1. The summed E-state index contributed by atoms with van der Waals surface area (Å²) in [6.45, 7) is 0.129. The Morgan fingerprint density at radius 2 is 1.61 bits per heavy atom. The van der Waals surface area contributed by atoms with E-state index in [9.17, 15) is 14.4 Å². The Hall–Kier alpha value is -3.35. The van der Waals surface area contributed by atoms with Crippen LogP contribution in [0.2, 0.25) is 0 Å². The molecular weight excluding hydrogens is 360 g/mol. The van der Waals surface area contributed by atoms with E-state index in [2.05, 4.69) is 10.1 Å². The number of hydrogen-bond acceptors (Lipinski definition) is 5. The summed E-state index contributed by atoms with van der Waals surface area (Å²) in [6, 6.07) is 15.0. The van der Waals surface area contributed by atoms with Crippen LogP contribution in [0.5, 0.6) is 0 Å². The quantitative estimate of drug-likeness (QED) is 0.715. The zero-order valence-corrected chi connectivity index (χ0v) is 15.5. The monoisotopic (exact) mass is 382 g/mol. The van der Waals surface area contributed by atoms with E-state index in [-0.39, 0.29) is 25.4 Å². The van der Waals surface area contributed by atoms with Crippen molar-refractivity contribution >= 4 is 18.0 Å². The number of nitrogens with two attached hydrogens (primary N) is 1. The molecule has 0 bridgehead atoms. The molecule has 2 aromatic carbocycles. The molecule has 3 N–H and O–H groups in total. The standard InChI is InChI=1S/C21H22N2O5/c1-27-20(25)18(10-11-19(22)24)23-21(26)28-12-17-15-8-4-2-6-13(15)14-7-3-5-9-16(14)17/h2-9,17-18H,10-12H2,1H3,(H2,22,24)(H,23,26). The van der Waals surface area contributed by atoms with Gasteiger partial charge in [-0.1, -0.05) is 48.5 Å². The molecule has 1 unspecified atom stereocenters. The summed E-state index contributed by atoms with van der Waals surface area (Å²) in [5, 5.41) is 2.45. The molecule has 3 rings (SSSR count). The van der Waals surface area contributed by atoms with Gasteiger partial charge in [-0.15, -0.1) is 0 Å². The van der Waals surface area contributed by atoms with Gasteiger partial charge in [-0.25, -0.2) is 9.59 Å². The number of primary amides is 1. The number of carbonyl (C=O) groups is 3. The molecule has 1 aliphatic carbocycles. The number of fused-ring (bicyclic) bond motifs is 3. The molecule has 2 amide bonds. The summed E-state index contributed by atoms with van der Waals surface area (Å²) in [5.41, 5.74) is 9.55. The Balaban J connectivity index is 1.67. The van der Waals surface area contributed by atoms with Gasteiger partial charge < -0.3 is 20.5 Å². The smallest absolute Gasteiger partial charge is 0.407 e. The highest BCUT2D eigenvalue weighted by Crippen LogP contribution is 2.44. The third-order valence-electron chi connectivity index (χ3n) is 4.80. The second-order valence-corrected chi connectivity index (χ2v) is 6.55. The fourth-order valence-electron chi connectivity index (χ4n) is 3.46. The van der Waals surface area contributed by atoms with Gasteiger partial charge >= 0.3 is 12.1 Å². The van der Waals surface area contributed by atoms with Crippen LogP contribution in [-0.2, 0) is 19.1 Å². The van der Waals surface area contributed by atoms with Gasteiger partial charge in [0, 0.05) is 12.3 Å². The van der Waals surface area contributed by atoms with Gasteiger partial charge in [-0.05, 0) is 28.7 Å². The average molecular weight is 382 g/mol. The fourth-order valence-corrected chi connectivity index (χ4v) is 3.46. The highest BCUT2D eigenvalue weighted by molar-refractivity contribution is 5.83. The van der Waals surface area contributed by atoms with Crippen molar-refractivity contribution in [2.24, 2.45) is 5.73 Å². The van der Waals surface area contributed by atoms with E-state index < -0.39 is 24.0 Å². The Morgan fingerprint density at radius 3 is 2.14 bits per heavy atom. The first-order chi connectivity index (χ1) is 13.5. The molecular formula is C21H22N2O5. The van der Waals surface area contributed by atoms with E-state index in [0.29, 0.717) is 0 Å². The Bertz CT molecular complexity index is 850. The molecule has 0 saturated carbocycles. The Morgan fingerprint density at radius 1 is 1.04 bits per heavy atom. The summed E-state index contributed by atoms with van der Waals surface area (Å²) in [6.07, 6.45) is -0.753. The van der Waals surface area contributed by atoms with Crippen molar-refractivity contribution in [1.29, 1.82) is 0 Å². The SMILES string of the molecule is COC(=O)C(CCC(N)=O)NC(=O)OCC1c2ccccc2-c2ccccc21. The lowest BCUT2D eigenvalue weighted by Gasteiger charge is -2.18. The average Bonchev–Trinajstić information content (AvgIpc) is 3.02. The molecule has 1 atom stereocenters. The maximum atomic E-state index is 12.2. The molecule has 1 aliphatic rings. The van der Waals surface area contributed by atoms with Crippen LogP contribution in [0, 0.1) is 0 Å². The summed E-state index contributed by atoms with van der Waals surface area (Å²) in [7, 11) is 1.21. The predicted molar refractivity (Wildman–Crippen MR) is 102 cm³/mol. The predicted octanol–water partition coefficient (Wildman–Crippen LogP) is 2.33. The van der Waals surface area contributed by atoms with Crippen molar-refractivity contribution in [2.75, 3.05) is 13.7 Å². The molecule has 146 valence electrons. The highest BCUT2D eigenvalue weighted by atomic mass is 16.6. The fraction of sp³-hybridized carbons (Fsp3) is 0.286. The Labute approximate surface area is 162 Å². The molecule has 0 saturated heterocycles. The van der Waals surface area contributed by atoms with Gasteiger partial charge in [0.15, 0.2) is 0 Å². The zero-order chi connectivity index (χ0) is 20.1. The number of rotatable bonds is 7. The minimum Gasteiger partial charge on any atom is -0.467 e. The number of methoxy groups -OCH3 is 1. The largest absolute Gasteiger partial charge is 0.467 e. The normalized spacial score (nSPS) is 13.2. The first kappa shape index (κ1) is 19.4. The maximum absolute atomic E-state index is 12.2. The van der Waals surface area contributed by atoms with Crippen LogP contribution in [-0.4, -0.2) is 37.7 Å². The van der Waals surface area contributed by atoms with Crippen molar-refractivity contribution in [2.45, 2.75) is 24.8 Å². The number of esters is 1. The summed E-state index contributed by atoms with van der Waals surface area (Å²) < 4.78 is 10.1. The van der Waals surface area contributed by atoms with E-state index in [1.807, 2.05) is 48.5 Å². The van der Waals surface area contributed by atoms with E-state index in [0.717, 1.165) is 22.3 Å². The topological polar surface area (TPSA) is 108 Å². The summed E-state index contributed by atoms with van der Waals surface area (Å²) in [5.74, 6) is -1.31. The van der Waals surface area contributed by atoms with Gasteiger partial charge in [-0.3, -0.25) is 4.79 Å². The molecule has 28 heavy (non-hydrogen) atoms. The number of ether oxygens (including phenoxy) is 2. The second-order valence-electron chi connectivity index (χ2n) is 6.55. The van der Waals surface area contributed by atoms with Crippen molar-refractivity contribution in [3.05, 3.63) is 59.7 Å². The lowest BCUT2D eigenvalue weighted by molar-refractivity contribution is -0.143. The Kier molecular flexibility index (Phi) is 5.93. The van der Waals surface area contributed by atoms with Crippen molar-refractivity contribution in [3.63, 3.8) is 0 Å².